The lowest BCUT2D eigenvalue weighted by Gasteiger charge is -2.21. The number of ether oxygens (including phenoxy) is 2. The quantitative estimate of drug-likeness (QED) is 0.450. The van der Waals surface area contributed by atoms with Gasteiger partial charge in [0.15, 0.2) is 0 Å². The van der Waals surface area contributed by atoms with Crippen LogP contribution in [0.15, 0.2) is 36.4 Å². The maximum atomic E-state index is 15.2. The molecule has 186 valence electrons. The van der Waals surface area contributed by atoms with E-state index >= 15 is 4.39 Å². The molecule has 2 aromatic carbocycles. The lowest BCUT2D eigenvalue weighted by molar-refractivity contribution is -0.145. The van der Waals surface area contributed by atoms with E-state index in [-0.39, 0.29) is 29.4 Å². The van der Waals surface area contributed by atoms with Crippen LogP contribution in [0.25, 0.3) is 11.3 Å². The fourth-order valence-electron chi connectivity index (χ4n) is 4.92. The molecular weight excluding hydrogens is 487 g/mol. The van der Waals surface area contributed by atoms with Crippen molar-refractivity contribution in [1.29, 1.82) is 0 Å². The average Bonchev–Trinajstić information content (AvgIpc) is 3.67. The number of benzene rings is 2. The van der Waals surface area contributed by atoms with Gasteiger partial charge < -0.3 is 9.47 Å². The molecule has 0 aliphatic heterocycles. The van der Waals surface area contributed by atoms with Gasteiger partial charge in [0.25, 0.3) is 5.91 Å². The van der Waals surface area contributed by atoms with Crippen LogP contribution in [0.5, 0.6) is 0 Å². The van der Waals surface area contributed by atoms with Gasteiger partial charge in [0, 0.05) is 17.5 Å². The van der Waals surface area contributed by atoms with Crippen LogP contribution in [0.2, 0.25) is 5.02 Å². The van der Waals surface area contributed by atoms with Crippen molar-refractivity contribution in [3.05, 3.63) is 75.2 Å². The van der Waals surface area contributed by atoms with Gasteiger partial charge in [-0.15, -0.1) is 0 Å². The minimum atomic E-state index is -0.663. The van der Waals surface area contributed by atoms with Crippen molar-refractivity contribution in [2.75, 3.05) is 14.2 Å². The van der Waals surface area contributed by atoms with Gasteiger partial charge in [0.05, 0.1) is 47.7 Å². The molecule has 1 atom stereocenters. The van der Waals surface area contributed by atoms with Gasteiger partial charge in [0.2, 0.25) is 0 Å². The zero-order valence-corrected chi connectivity index (χ0v) is 20.6. The molecule has 0 bridgehead atoms. The summed E-state index contributed by atoms with van der Waals surface area (Å²) in [6.07, 6.45) is 3.07. The highest BCUT2D eigenvalue weighted by Gasteiger charge is 2.36. The van der Waals surface area contributed by atoms with Crippen LogP contribution in [0.1, 0.15) is 62.7 Å². The van der Waals surface area contributed by atoms with Crippen molar-refractivity contribution in [3.8, 4) is 11.3 Å². The second-order valence-corrected chi connectivity index (χ2v) is 9.53. The van der Waals surface area contributed by atoms with E-state index in [4.69, 9.17) is 16.3 Å². The van der Waals surface area contributed by atoms with E-state index in [9.17, 15) is 14.4 Å². The zero-order valence-electron chi connectivity index (χ0n) is 19.8. The molecule has 0 saturated heterocycles. The molecule has 36 heavy (non-hydrogen) atoms. The van der Waals surface area contributed by atoms with Gasteiger partial charge in [-0.25, -0.2) is 9.18 Å². The third kappa shape index (κ3) is 4.19. The first kappa shape index (κ1) is 24.2. The third-order valence-electron chi connectivity index (χ3n) is 6.92. The highest BCUT2D eigenvalue weighted by Crippen LogP contribution is 2.44. The van der Waals surface area contributed by atoms with E-state index in [1.165, 1.54) is 31.0 Å². The van der Waals surface area contributed by atoms with Crippen molar-refractivity contribution in [2.24, 2.45) is 5.92 Å². The first-order valence-electron chi connectivity index (χ1n) is 11.7. The fraction of sp³-hybridized carbons (Fsp3) is 0.333. The summed E-state index contributed by atoms with van der Waals surface area (Å²) in [5.41, 5.74) is 2.99. The van der Waals surface area contributed by atoms with E-state index in [1.807, 2.05) is 12.1 Å². The molecule has 1 unspecified atom stereocenters. The molecule has 2 aliphatic carbocycles. The summed E-state index contributed by atoms with van der Waals surface area (Å²) in [6.45, 7) is 0. The minimum Gasteiger partial charge on any atom is -0.469 e. The Bertz CT molecular complexity index is 1400. The number of esters is 2. The number of hydrogen-bond donors (Lipinski definition) is 0. The lowest BCUT2D eigenvalue weighted by atomic mass is 9.85. The van der Waals surface area contributed by atoms with Crippen LogP contribution in [-0.2, 0) is 27.1 Å². The smallest absolute Gasteiger partial charge is 0.337 e. The molecule has 7 nitrogen and oxygen atoms in total. The van der Waals surface area contributed by atoms with Crippen LogP contribution in [0.3, 0.4) is 0 Å². The number of methoxy groups -OCH3 is 2. The molecule has 9 heteroatoms. The Labute approximate surface area is 212 Å². The van der Waals surface area contributed by atoms with Crippen molar-refractivity contribution in [2.45, 2.75) is 38.0 Å². The van der Waals surface area contributed by atoms with Gasteiger partial charge in [-0.1, -0.05) is 23.7 Å². The molecular formula is C27H24ClFN2O5. The van der Waals surface area contributed by atoms with Crippen LogP contribution >= 0.6 is 11.6 Å². The van der Waals surface area contributed by atoms with Gasteiger partial charge in [-0.2, -0.15) is 9.78 Å². The van der Waals surface area contributed by atoms with E-state index in [2.05, 4.69) is 9.84 Å². The van der Waals surface area contributed by atoms with Gasteiger partial charge >= 0.3 is 11.9 Å². The number of halogens is 2. The maximum Gasteiger partial charge on any atom is 0.337 e. The molecule has 0 N–H and O–H groups in total. The fourth-order valence-corrected chi connectivity index (χ4v) is 5.19. The molecule has 5 rings (SSSR count). The predicted molar refractivity (Wildman–Crippen MR) is 130 cm³/mol. The van der Waals surface area contributed by atoms with Crippen LogP contribution in [0, 0.1) is 11.7 Å². The number of hydrogen-bond acceptors (Lipinski definition) is 6. The number of carbonyl (C=O) groups is 3. The summed E-state index contributed by atoms with van der Waals surface area (Å²) < 4.78 is 26.1. The Hall–Kier alpha value is -3.52. The summed E-state index contributed by atoms with van der Waals surface area (Å²) in [5, 5.41) is 4.90. The highest BCUT2D eigenvalue weighted by atomic mass is 35.5. The first-order valence-corrected chi connectivity index (χ1v) is 12.1. The van der Waals surface area contributed by atoms with Gasteiger partial charge in [0.1, 0.15) is 5.82 Å². The molecule has 1 fully saturated rings. The van der Waals surface area contributed by atoms with Gasteiger partial charge in [-0.3, -0.25) is 9.59 Å². The minimum absolute atomic E-state index is 0.0685. The SMILES string of the molecule is COC(=O)c1ccc(-c2nn(C(=O)c3c(Cl)cccc3C3CC3)c3c2CCC(C(=O)OC)C3)c(F)c1. The largest absolute Gasteiger partial charge is 0.469 e. The summed E-state index contributed by atoms with van der Waals surface area (Å²) >= 11 is 6.50. The van der Waals surface area contributed by atoms with E-state index in [0.717, 1.165) is 24.5 Å². The normalized spacial score (nSPS) is 16.8. The van der Waals surface area contributed by atoms with Crippen molar-refractivity contribution in [3.63, 3.8) is 0 Å². The summed E-state index contributed by atoms with van der Waals surface area (Å²) in [6, 6.07) is 9.39. The van der Waals surface area contributed by atoms with Crippen molar-refractivity contribution >= 4 is 29.4 Å². The number of nitrogens with zero attached hydrogens (tertiary/aromatic N) is 2. The van der Waals surface area contributed by atoms with Gasteiger partial charge in [-0.05, 0) is 61.4 Å². The number of aromatic nitrogens is 2. The first-order chi connectivity index (χ1) is 17.3. The molecule has 2 aliphatic rings. The standard InChI is InChI=1S/C27H24ClFN2O5/c1-35-26(33)15-8-10-18(21(29)12-15)24-19-11-9-16(27(34)36-2)13-22(19)31(30-24)25(32)23-17(14-6-7-14)4-3-5-20(23)28/h3-5,8,10,12,14,16H,6-7,9,11,13H2,1-2H3. The molecule has 0 radical (unpaired) electrons. The monoisotopic (exact) mass is 510 g/mol. The highest BCUT2D eigenvalue weighted by molar-refractivity contribution is 6.34. The number of carbonyl (C=O) groups excluding carboxylic acids is 3. The number of rotatable bonds is 5. The Morgan fingerprint density at radius 1 is 1.08 bits per heavy atom. The Morgan fingerprint density at radius 2 is 1.86 bits per heavy atom. The topological polar surface area (TPSA) is 87.5 Å². The van der Waals surface area contributed by atoms with E-state index < -0.39 is 23.6 Å². The molecule has 3 aromatic rings. The number of fused-ring (bicyclic) bond motifs is 1. The summed E-state index contributed by atoms with van der Waals surface area (Å²) in [5.74, 6) is -2.28. The average molecular weight is 511 g/mol. The molecule has 1 saturated carbocycles. The molecule has 0 spiro atoms. The van der Waals surface area contributed by atoms with Crippen LogP contribution in [-0.4, -0.2) is 41.8 Å². The van der Waals surface area contributed by atoms with Crippen molar-refractivity contribution < 1.29 is 28.2 Å². The molecule has 1 heterocycles. The van der Waals surface area contributed by atoms with Crippen LogP contribution < -0.4 is 0 Å². The molecule has 1 aromatic heterocycles. The zero-order chi connectivity index (χ0) is 25.6. The third-order valence-corrected chi connectivity index (χ3v) is 7.24. The van der Waals surface area contributed by atoms with Crippen LogP contribution in [0.4, 0.5) is 4.39 Å². The molecule has 0 amide bonds. The van der Waals surface area contributed by atoms with E-state index in [1.54, 1.807) is 6.07 Å². The summed E-state index contributed by atoms with van der Waals surface area (Å²) in [7, 11) is 2.55. The Balaban J connectivity index is 1.65. The second kappa shape index (κ2) is 9.50. The second-order valence-electron chi connectivity index (χ2n) is 9.12. The maximum absolute atomic E-state index is 15.2. The Kier molecular flexibility index (Phi) is 6.38. The summed E-state index contributed by atoms with van der Waals surface area (Å²) in [4.78, 5) is 38.1. The van der Waals surface area contributed by atoms with E-state index in [0.29, 0.717) is 40.4 Å². The predicted octanol–water partition coefficient (Wildman–Crippen LogP) is 4.97. The lowest BCUT2D eigenvalue weighted by Crippen LogP contribution is -2.27. The van der Waals surface area contributed by atoms with Crippen molar-refractivity contribution in [1.82, 2.24) is 9.78 Å². The Morgan fingerprint density at radius 3 is 2.53 bits per heavy atom.